The highest BCUT2D eigenvalue weighted by Gasteiger charge is 2.28. The molecule has 4 aromatic rings. The largest absolute Gasteiger partial charge is 0.457 e. The summed E-state index contributed by atoms with van der Waals surface area (Å²) in [7, 11) is 1.82. The molecule has 0 spiro atoms. The lowest BCUT2D eigenvalue weighted by Gasteiger charge is -2.30. The van der Waals surface area contributed by atoms with E-state index in [9.17, 15) is 4.79 Å². The van der Waals surface area contributed by atoms with E-state index in [4.69, 9.17) is 15.6 Å². The number of hydrogen-bond donors (Lipinski definition) is 3. The summed E-state index contributed by atoms with van der Waals surface area (Å²) in [5, 5.41) is 12.0. The number of carbonyl (C=O) groups excluding carboxylic acids is 1. The lowest BCUT2D eigenvalue weighted by molar-refractivity contribution is -0.124. The van der Waals surface area contributed by atoms with Gasteiger partial charge in [-0.1, -0.05) is 25.1 Å². The molecule has 1 saturated carbocycles. The second-order valence-corrected chi connectivity index (χ2v) is 9.45. The number of nitrogens with two attached hydrogens (primary N) is 1. The van der Waals surface area contributed by atoms with E-state index in [-0.39, 0.29) is 24.0 Å². The molecule has 0 bridgehead atoms. The fourth-order valence-electron chi connectivity index (χ4n) is 5.04. The third kappa shape index (κ3) is 5.27. The van der Waals surface area contributed by atoms with Crippen LogP contribution < -0.4 is 21.1 Å². The Kier molecular flexibility index (Phi) is 7.32. The first kappa shape index (κ1) is 24.7. The zero-order valence-corrected chi connectivity index (χ0v) is 21.2. The number of aromatic nitrogens is 4. The van der Waals surface area contributed by atoms with Gasteiger partial charge < -0.3 is 21.1 Å². The first-order chi connectivity index (χ1) is 18.1. The van der Waals surface area contributed by atoms with Gasteiger partial charge in [0.25, 0.3) is 0 Å². The average Bonchev–Trinajstić information content (AvgIpc) is 3.32. The Morgan fingerprint density at radius 2 is 1.76 bits per heavy atom. The van der Waals surface area contributed by atoms with Gasteiger partial charge in [-0.15, -0.1) is 0 Å². The number of hydrogen-bond acceptors (Lipinski definition) is 7. The van der Waals surface area contributed by atoms with Gasteiger partial charge in [-0.2, -0.15) is 5.10 Å². The summed E-state index contributed by atoms with van der Waals surface area (Å²) in [6.45, 7) is 2.01. The fourth-order valence-corrected chi connectivity index (χ4v) is 5.04. The van der Waals surface area contributed by atoms with Crippen molar-refractivity contribution in [1.29, 1.82) is 0 Å². The third-order valence-electron chi connectivity index (χ3n) is 7.09. The van der Waals surface area contributed by atoms with Gasteiger partial charge in [-0.3, -0.25) is 4.79 Å². The summed E-state index contributed by atoms with van der Waals surface area (Å²) in [4.78, 5) is 21.3. The molecule has 4 N–H and O–H groups in total. The van der Waals surface area contributed by atoms with E-state index >= 15 is 0 Å². The van der Waals surface area contributed by atoms with Gasteiger partial charge >= 0.3 is 0 Å². The van der Waals surface area contributed by atoms with Crippen LogP contribution in [0.3, 0.4) is 0 Å². The summed E-state index contributed by atoms with van der Waals surface area (Å²) >= 11 is 0. The van der Waals surface area contributed by atoms with Gasteiger partial charge in [-0.25, -0.2) is 14.6 Å². The van der Waals surface area contributed by atoms with Crippen molar-refractivity contribution < 1.29 is 9.53 Å². The van der Waals surface area contributed by atoms with Crippen LogP contribution >= 0.6 is 0 Å². The summed E-state index contributed by atoms with van der Waals surface area (Å²) in [6, 6.07) is 17.7. The number of para-hydroxylation sites is 1. The molecule has 0 saturated heterocycles. The van der Waals surface area contributed by atoms with Crippen LogP contribution in [0.1, 0.15) is 45.1 Å². The number of fused-ring (bicyclic) bond motifs is 1. The molecule has 9 nitrogen and oxygen atoms in total. The van der Waals surface area contributed by atoms with E-state index < -0.39 is 0 Å². The topological polar surface area (TPSA) is 120 Å². The number of nitrogens with one attached hydrogen (secondary N) is 2. The van der Waals surface area contributed by atoms with Gasteiger partial charge in [0.2, 0.25) is 5.91 Å². The maximum atomic E-state index is 12.5. The van der Waals surface area contributed by atoms with Crippen molar-refractivity contribution in [3.63, 3.8) is 0 Å². The fraction of sp³-hybridized carbons (Fsp3) is 0.357. The minimum absolute atomic E-state index is 0.0699. The molecule has 9 heteroatoms. The summed E-state index contributed by atoms with van der Waals surface area (Å²) < 4.78 is 7.94. The number of benzene rings is 2. The van der Waals surface area contributed by atoms with Crippen molar-refractivity contribution in [3.05, 3.63) is 60.9 Å². The Balaban J connectivity index is 1.35. The zero-order valence-electron chi connectivity index (χ0n) is 21.2. The lowest BCUT2D eigenvalue weighted by Crippen LogP contribution is -2.47. The SMILES string of the molecule is CC[C@@H](NC)C(=O)NC1CCC(n2nc(-c3ccc(Oc4ccccc4)cc3)c3c(N)ncnc32)CC1. The molecule has 0 radical (unpaired) electrons. The predicted octanol–water partition coefficient (Wildman–Crippen LogP) is 4.47. The van der Waals surface area contributed by atoms with Crippen LogP contribution in [0.5, 0.6) is 11.5 Å². The molecule has 1 atom stereocenters. The molecule has 1 aliphatic rings. The molecule has 1 amide bonds. The van der Waals surface area contributed by atoms with E-state index in [1.54, 1.807) is 0 Å². The molecule has 2 aromatic carbocycles. The van der Waals surface area contributed by atoms with Crippen LogP contribution in [-0.2, 0) is 4.79 Å². The van der Waals surface area contributed by atoms with Crippen molar-refractivity contribution in [2.24, 2.45) is 0 Å². The van der Waals surface area contributed by atoms with Gasteiger partial charge in [0, 0.05) is 11.6 Å². The average molecular weight is 500 g/mol. The number of anilines is 1. The maximum absolute atomic E-state index is 12.5. The van der Waals surface area contributed by atoms with E-state index in [1.165, 1.54) is 6.33 Å². The van der Waals surface area contributed by atoms with Gasteiger partial charge in [0.15, 0.2) is 5.65 Å². The second-order valence-electron chi connectivity index (χ2n) is 9.45. The number of likely N-dealkylation sites (N-methyl/N-ethyl adjacent to an activating group) is 1. The van der Waals surface area contributed by atoms with Crippen LogP contribution in [0.15, 0.2) is 60.9 Å². The van der Waals surface area contributed by atoms with E-state index in [0.717, 1.165) is 65.9 Å². The normalized spacial score (nSPS) is 18.4. The summed E-state index contributed by atoms with van der Waals surface area (Å²) in [5.41, 5.74) is 8.73. The predicted molar refractivity (Wildman–Crippen MR) is 144 cm³/mol. The Hall–Kier alpha value is -3.98. The van der Waals surface area contributed by atoms with Crippen molar-refractivity contribution in [2.75, 3.05) is 12.8 Å². The molecule has 0 aliphatic heterocycles. The molecular formula is C28H33N7O2. The molecule has 1 fully saturated rings. The Labute approximate surface area is 216 Å². The van der Waals surface area contributed by atoms with Gasteiger partial charge in [0.05, 0.1) is 17.5 Å². The van der Waals surface area contributed by atoms with Crippen LogP contribution in [0, 0.1) is 0 Å². The number of rotatable bonds is 8. The van der Waals surface area contributed by atoms with E-state index in [2.05, 4.69) is 20.6 Å². The quantitative estimate of drug-likeness (QED) is 0.327. The first-order valence-electron chi connectivity index (χ1n) is 12.9. The minimum Gasteiger partial charge on any atom is -0.457 e. The number of amides is 1. The van der Waals surface area contributed by atoms with E-state index in [1.807, 2.05) is 73.3 Å². The van der Waals surface area contributed by atoms with Crippen molar-refractivity contribution in [1.82, 2.24) is 30.4 Å². The number of nitrogens with zero attached hydrogens (tertiary/aromatic N) is 4. The van der Waals surface area contributed by atoms with Crippen LogP contribution in [0.2, 0.25) is 0 Å². The number of ether oxygens (including phenoxy) is 1. The molecule has 37 heavy (non-hydrogen) atoms. The smallest absolute Gasteiger partial charge is 0.237 e. The van der Waals surface area contributed by atoms with Crippen LogP contribution in [0.4, 0.5) is 5.82 Å². The molecular weight excluding hydrogens is 466 g/mol. The molecule has 192 valence electrons. The van der Waals surface area contributed by atoms with Crippen molar-refractivity contribution >= 4 is 22.8 Å². The van der Waals surface area contributed by atoms with Gasteiger partial charge in [-0.05, 0) is 75.5 Å². The Bertz CT molecular complexity index is 1340. The Morgan fingerprint density at radius 3 is 2.43 bits per heavy atom. The maximum Gasteiger partial charge on any atom is 0.237 e. The minimum atomic E-state index is -0.153. The Morgan fingerprint density at radius 1 is 1.05 bits per heavy atom. The summed E-state index contributed by atoms with van der Waals surface area (Å²) in [5.74, 6) is 2.01. The molecule has 1 aliphatic carbocycles. The molecule has 2 aromatic heterocycles. The van der Waals surface area contributed by atoms with Crippen molar-refractivity contribution in [3.8, 4) is 22.8 Å². The monoisotopic (exact) mass is 499 g/mol. The standard InChI is InChI=1S/C28H33N7O2/c1-3-23(30-2)28(36)33-19-11-13-20(14-12-19)35-27-24(26(29)31-17-32-27)25(34-35)18-9-15-22(16-10-18)37-21-7-5-4-6-8-21/h4-10,15-17,19-20,23,30H,3,11-14H2,1-2H3,(H,33,36)(H2,29,31,32)/t19?,20?,23-/m1/s1. The lowest BCUT2D eigenvalue weighted by atomic mass is 9.91. The van der Waals surface area contributed by atoms with Crippen LogP contribution in [0.25, 0.3) is 22.3 Å². The second kappa shape index (κ2) is 11.0. The molecule has 2 heterocycles. The first-order valence-corrected chi connectivity index (χ1v) is 12.9. The van der Waals surface area contributed by atoms with E-state index in [0.29, 0.717) is 5.82 Å². The highest BCUT2D eigenvalue weighted by Crippen LogP contribution is 2.36. The van der Waals surface area contributed by atoms with Gasteiger partial charge in [0.1, 0.15) is 29.3 Å². The summed E-state index contributed by atoms with van der Waals surface area (Å²) in [6.07, 6.45) is 5.82. The molecule has 0 unspecified atom stereocenters. The molecule has 5 rings (SSSR count). The number of nitrogen functional groups attached to an aromatic ring is 1. The highest BCUT2D eigenvalue weighted by atomic mass is 16.5. The highest BCUT2D eigenvalue weighted by molar-refractivity contribution is 5.98. The zero-order chi connectivity index (χ0) is 25.8. The third-order valence-corrected chi connectivity index (χ3v) is 7.09. The number of carbonyl (C=O) groups is 1. The van der Waals surface area contributed by atoms with Crippen LogP contribution in [-0.4, -0.2) is 44.8 Å². The van der Waals surface area contributed by atoms with Crippen molar-refractivity contribution in [2.45, 2.75) is 57.2 Å².